The van der Waals surface area contributed by atoms with Gasteiger partial charge in [0.2, 0.25) is 0 Å². The van der Waals surface area contributed by atoms with Gasteiger partial charge in [-0.25, -0.2) is 0 Å². The lowest BCUT2D eigenvalue weighted by Gasteiger charge is -2.12. The van der Waals surface area contributed by atoms with Crippen molar-refractivity contribution in [3.63, 3.8) is 0 Å². The van der Waals surface area contributed by atoms with Crippen LogP contribution >= 0.6 is 0 Å². The summed E-state index contributed by atoms with van der Waals surface area (Å²) >= 11 is 0. The topological polar surface area (TPSA) is 61.4 Å². The Hall–Kier alpha value is -3.27. The molecule has 3 aromatic rings. The molecule has 3 rings (SSSR count). The average molecular weight is 346 g/mol. The first-order chi connectivity index (χ1) is 12.7. The summed E-state index contributed by atoms with van der Waals surface area (Å²) in [5, 5.41) is 15.6. The van der Waals surface area contributed by atoms with Gasteiger partial charge in [-0.3, -0.25) is 4.79 Å². The molecule has 0 aliphatic heterocycles. The molecule has 0 radical (unpaired) electrons. The van der Waals surface area contributed by atoms with Crippen LogP contribution in [0.3, 0.4) is 0 Å². The molecule has 0 aliphatic carbocycles. The van der Waals surface area contributed by atoms with Crippen molar-refractivity contribution >= 4 is 17.3 Å². The van der Waals surface area contributed by atoms with E-state index in [1.807, 2.05) is 30.3 Å². The van der Waals surface area contributed by atoms with Gasteiger partial charge in [0, 0.05) is 23.5 Å². The predicted molar refractivity (Wildman–Crippen MR) is 106 cm³/mol. The second-order valence-electron chi connectivity index (χ2n) is 6.07. The van der Waals surface area contributed by atoms with Crippen molar-refractivity contribution < 1.29 is 9.90 Å². The molecule has 0 unspecified atom stereocenters. The highest BCUT2D eigenvalue weighted by molar-refractivity contribution is 6.04. The highest BCUT2D eigenvalue weighted by Gasteiger charge is 2.07. The quantitative estimate of drug-likeness (QED) is 0.561. The highest BCUT2D eigenvalue weighted by atomic mass is 16.3. The Morgan fingerprint density at radius 3 is 2.50 bits per heavy atom. The van der Waals surface area contributed by atoms with E-state index in [0.717, 1.165) is 17.7 Å². The molecular formula is C22H22N2O2. The maximum atomic E-state index is 12.4. The van der Waals surface area contributed by atoms with Gasteiger partial charge < -0.3 is 15.7 Å². The Balaban J connectivity index is 1.67. The van der Waals surface area contributed by atoms with Crippen LogP contribution in [0.4, 0.5) is 11.4 Å². The van der Waals surface area contributed by atoms with E-state index in [1.54, 1.807) is 30.3 Å². The second-order valence-corrected chi connectivity index (χ2v) is 6.07. The number of hydrogen-bond acceptors (Lipinski definition) is 3. The Labute approximate surface area is 153 Å². The van der Waals surface area contributed by atoms with Crippen molar-refractivity contribution in [2.24, 2.45) is 0 Å². The number of benzene rings is 3. The number of phenolic OH excluding ortho intramolecular Hbond substituents is 1. The zero-order valence-electron chi connectivity index (χ0n) is 14.7. The van der Waals surface area contributed by atoms with Crippen LogP contribution in [0.1, 0.15) is 28.4 Å². The van der Waals surface area contributed by atoms with E-state index in [4.69, 9.17) is 0 Å². The minimum Gasteiger partial charge on any atom is -0.508 e. The third-order valence-corrected chi connectivity index (χ3v) is 4.20. The molecule has 0 spiro atoms. The van der Waals surface area contributed by atoms with Gasteiger partial charge in [-0.2, -0.15) is 0 Å². The van der Waals surface area contributed by atoms with E-state index < -0.39 is 0 Å². The van der Waals surface area contributed by atoms with Crippen LogP contribution in [0.5, 0.6) is 5.75 Å². The fourth-order valence-electron chi connectivity index (χ4n) is 2.77. The summed E-state index contributed by atoms with van der Waals surface area (Å²) in [6.07, 6.45) is 0.970. The van der Waals surface area contributed by atoms with Crippen LogP contribution < -0.4 is 10.6 Å². The van der Waals surface area contributed by atoms with Gasteiger partial charge in [0.05, 0.1) is 0 Å². The lowest BCUT2D eigenvalue weighted by molar-refractivity contribution is 0.102. The minimum atomic E-state index is -0.175. The van der Waals surface area contributed by atoms with Crippen LogP contribution in [-0.2, 0) is 13.0 Å². The van der Waals surface area contributed by atoms with Crippen molar-refractivity contribution in [2.75, 3.05) is 10.6 Å². The van der Waals surface area contributed by atoms with E-state index in [1.165, 1.54) is 5.56 Å². The molecule has 4 nitrogen and oxygen atoms in total. The average Bonchev–Trinajstić information content (AvgIpc) is 2.68. The molecule has 0 bridgehead atoms. The van der Waals surface area contributed by atoms with E-state index >= 15 is 0 Å². The SMILES string of the molecule is CCc1ccccc1NCc1cccc(C(=O)Nc2ccc(O)cc2)c1. The summed E-state index contributed by atoms with van der Waals surface area (Å²) in [4.78, 5) is 12.4. The van der Waals surface area contributed by atoms with Crippen molar-refractivity contribution in [3.05, 3.63) is 89.5 Å². The minimum absolute atomic E-state index is 0.170. The number of amides is 1. The van der Waals surface area contributed by atoms with E-state index in [2.05, 4.69) is 29.7 Å². The number of carbonyl (C=O) groups is 1. The van der Waals surface area contributed by atoms with Gasteiger partial charge >= 0.3 is 0 Å². The maximum absolute atomic E-state index is 12.4. The van der Waals surface area contributed by atoms with Crippen molar-refractivity contribution in [1.82, 2.24) is 0 Å². The first-order valence-corrected chi connectivity index (χ1v) is 8.67. The normalized spacial score (nSPS) is 10.3. The van der Waals surface area contributed by atoms with Crippen LogP contribution in [0.15, 0.2) is 72.8 Å². The van der Waals surface area contributed by atoms with Gasteiger partial charge in [0.25, 0.3) is 5.91 Å². The lowest BCUT2D eigenvalue weighted by Crippen LogP contribution is -2.12. The molecule has 0 atom stereocenters. The van der Waals surface area contributed by atoms with Crippen molar-refractivity contribution in [1.29, 1.82) is 0 Å². The van der Waals surface area contributed by atoms with Crippen LogP contribution in [0, 0.1) is 0 Å². The molecular weight excluding hydrogens is 324 g/mol. The number of hydrogen-bond donors (Lipinski definition) is 3. The second kappa shape index (κ2) is 8.21. The first kappa shape index (κ1) is 17.5. The van der Waals surface area contributed by atoms with Crippen molar-refractivity contribution in [2.45, 2.75) is 19.9 Å². The first-order valence-electron chi connectivity index (χ1n) is 8.67. The third-order valence-electron chi connectivity index (χ3n) is 4.20. The third kappa shape index (κ3) is 4.42. The number of aromatic hydroxyl groups is 1. The number of aryl methyl sites for hydroxylation is 1. The number of rotatable bonds is 6. The highest BCUT2D eigenvalue weighted by Crippen LogP contribution is 2.18. The Morgan fingerprint density at radius 1 is 0.962 bits per heavy atom. The molecule has 0 fully saturated rings. The number of para-hydroxylation sites is 1. The fraction of sp³-hybridized carbons (Fsp3) is 0.136. The summed E-state index contributed by atoms with van der Waals surface area (Å²) in [7, 11) is 0. The molecule has 26 heavy (non-hydrogen) atoms. The van der Waals surface area contributed by atoms with E-state index in [0.29, 0.717) is 17.8 Å². The molecule has 1 amide bonds. The van der Waals surface area contributed by atoms with Gasteiger partial charge in [-0.05, 0) is 60.0 Å². The van der Waals surface area contributed by atoms with Crippen LogP contribution in [0.25, 0.3) is 0 Å². The lowest BCUT2D eigenvalue weighted by atomic mass is 10.1. The summed E-state index contributed by atoms with van der Waals surface area (Å²) in [6, 6.07) is 22.2. The van der Waals surface area contributed by atoms with Gasteiger partial charge in [0.1, 0.15) is 5.75 Å². The standard InChI is InChI=1S/C22H22N2O2/c1-2-17-7-3-4-9-21(17)23-15-16-6-5-8-18(14-16)22(26)24-19-10-12-20(25)13-11-19/h3-14,23,25H,2,15H2,1H3,(H,24,26). The molecule has 0 aromatic heterocycles. The van der Waals surface area contributed by atoms with E-state index in [-0.39, 0.29) is 11.7 Å². The number of phenols is 1. The van der Waals surface area contributed by atoms with Gasteiger partial charge in [0.15, 0.2) is 0 Å². The Kier molecular flexibility index (Phi) is 5.54. The number of carbonyl (C=O) groups excluding carboxylic acids is 1. The number of nitrogens with one attached hydrogen (secondary N) is 2. The molecule has 3 aromatic carbocycles. The summed E-state index contributed by atoms with van der Waals surface area (Å²) < 4.78 is 0. The molecule has 0 aliphatic rings. The fourth-order valence-corrected chi connectivity index (χ4v) is 2.77. The molecule has 3 N–H and O–H groups in total. The summed E-state index contributed by atoms with van der Waals surface area (Å²) in [5.74, 6) is -0.00470. The molecule has 0 saturated carbocycles. The van der Waals surface area contributed by atoms with Crippen molar-refractivity contribution in [3.8, 4) is 5.75 Å². The monoisotopic (exact) mass is 346 g/mol. The Morgan fingerprint density at radius 2 is 1.73 bits per heavy atom. The molecule has 0 heterocycles. The number of anilines is 2. The largest absolute Gasteiger partial charge is 0.508 e. The predicted octanol–water partition coefficient (Wildman–Crippen LogP) is 4.82. The maximum Gasteiger partial charge on any atom is 0.255 e. The van der Waals surface area contributed by atoms with E-state index in [9.17, 15) is 9.90 Å². The summed E-state index contributed by atoms with van der Waals surface area (Å²) in [6.45, 7) is 2.78. The zero-order valence-corrected chi connectivity index (χ0v) is 14.7. The van der Waals surface area contributed by atoms with Gasteiger partial charge in [-0.15, -0.1) is 0 Å². The van der Waals surface area contributed by atoms with Crippen LogP contribution in [-0.4, -0.2) is 11.0 Å². The van der Waals surface area contributed by atoms with Crippen LogP contribution in [0.2, 0.25) is 0 Å². The zero-order chi connectivity index (χ0) is 18.4. The summed E-state index contributed by atoms with van der Waals surface area (Å²) in [5.41, 5.74) is 4.67. The van der Waals surface area contributed by atoms with Gasteiger partial charge in [-0.1, -0.05) is 37.3 Å². The Bertz CT molecular complexity index is 889. The smallest absolute Gasteiger partial charge is 0.255 e. The molecule has 132 valence electrons. The molecule has 0 saturated heterocycles. The molecule has 4 heteroatoms.